The van der Waals surface area contributed by atoms with Gasteiger partial charge in [0.15, 0.2) is 0 Å². The lowest BCUT2D eigenvalue weighted by Crippen LogP contribution is -2.41. The second-order valence-corrected chi connectivity index (χ2v) is 11.9. The number of fused-ring (bicyclic) bond motifs is 1. The maximum atomic E-state index is 13.0. The van der Waals surface area contributed by atoms with Crippen LogP contribution in [0.15, 0.2) is 41.5 Å². The van der Waals surface area contributed by atoms with E-state index in [-0.39, 0.29) is 17.5 Å². The van der Waals surface area contributed by atoms with Crippen LogP contribution >= 0.6 is 11.3 Å². The van der Waals surface area contributed by atoms with Crippen LogP contribution in [-0.2, 0) is 12.5 Å². The van der Waals surface area contributed by atoms with Crippen molar-refractivity contribution in [1.29, 1.82) is 0 Å². The summed E-state index contributed by atoms with van der Waals surface area (Å²) in [7, 11) is 1.69. The van der Waals surface area contributed by atoms with Crippen molar-refractivity contribution in [2.75, 3.05) is 0 Å². The van der Waals surface area contributed by atoms with Gasteiger partial charge in [0, 0.05) is 52.3 Å². The fourth-order valence-corrected chi connectivity index (χ4v) is 5.42. The zero-order chi connectivity index (χ0) is 26.7. The third kappa shape index (κ3) is 4.57. The first kappa shape index (κ1) is 25.2. The van der Waals surface area contributed by atoms with Gasteiger partial charge >= 0.3 is 0 Å². The van der Waals surface area contributed by atoms with Crippen LogP contribution in [0.5, 0.6) is 11.6 Å². The third-order valence-corrected chi connectivity index (χ3v) is 8.85. The van der Waals surface area contributed by atoms with Gasteiger partial charge in [0.2, 0.25) is 5.88 Å². The summed E-state index contributed by atoms with van der Waals surface area (Å²) in [5.74, 6) is 0.834. The molecule has 194 valence electrons. The Morgan fingerprint density at radius 1 is 1.27 bits per heavy atom. The van der Waals surface area contributed by atoms with Crippen molar-refractivity contribution in [2.45, 2.75) is 64.5 Å². The minimum atomic E-state index is -1.01. The molecule has 1 aliphatic carbocycles. The first-order chi connectivity index (χ1) is 17.4. The maximum absolute atomic E-state index is 13.0. The average Bonchev–Trinajstić information content (AvgIpc) is 3.36. The molecule has 1 fully saturated rings. The van der Waals surface area contributed by atoms with E-state index >= 15 is 0 Å². The van der Waals surface area contributed by atoms with Crippen molar-refractivity contribution in [1.82, 2.24) is 19.9 Å². The molecule has 4 aromatic rings. The van der Waals surface area contributed by atoms with Crippen molar-refractivity contribution >= 4 is 28.1 Å². The Morgan fingerprint density at radius 3 is 2.65 bits per heavy atom. The zero-order valence-electron chi connectivity index (χ0n) is 21.9. The molecule has 4 heterocycles. The number of aromatic nitrogens is 3. The number of carbonyl (C=O) groups excluding carboxylic acids is 1. The van der Waals surface area contributed by atoms with E-state index in [2.05, 4.69) is 15.3 Å². The molecule has 9 heteroatoms. The molecule has 0 aliphatic heterocycles. The molecule has 37 heavy (non-hydrogen) atoms. The highest BCUT2D eigenvalue weighted by Crippen LogP contribution is 2.48. The van der Waals surface area contributed by atoms with E-state index in [0.717, 1.165) is 33.7 Å². The van der Waals surface area contributed by atoms with Crippen LogP contribution in [0.4, 0.5) is 0 Å². The number of hydrogen-bond donors (Lipinski definition) is 3. The molecule has 3 N–H and O–H groups in total. The van der Waals surface area contributed by atoms with Crippen molar-refractivity contribution in [3.8, 4) is 22.1 Å². The Balaban J connectivity index is 1.71. The quantitative estimate of drug-likeness (QED) is 0.317. The Labute approximate surface area is 219 Å². The number of nitrogens with one attached hydrogen (secondary N) is 2. The van der Waals surface area contributed by atoms with E-state index < -0.39 is 11.0 Å². The Morgan fingerprint density at radius 2 is 2.00 bits per heavy atom. The van der Waals surface area contributed by atoms with Crippen LogP contribution in [0, 0.1) is 6.92 Å². The highest BCUT2D eigenvalue weighted by molar-refractivity contribution is 7.16. The number of amides is 1. The first-order valence-corrected chi connectivity index (χ1v) is 13.2. The minimum Gasteiger partial charge on any atom is -0.437 e. The summed E-state index contributed by atoms with van der Waals surface area (Å²) in [5.41, 5.74) is 0.523. The number of nitrogens with zero attached hydrogens (tertiary/aromatic N) is 2. The normalized spacial score (nSPS) is 14.2. The van der Waals surface area contributed by atoms with Gasteiger partial charge in [0.25, 0.3) is 11.5 Å². The summed E-state index contributed by atoms with van der Waals surface area (Å²) in [4.78, 5) is 35.0. The molecule has 0 bridgehead atoms. The largest absolute Gasteiger partial charge is 0.437 e. The highest BCUT2D eigenvalue weighted by Gasteiger charge is 2.39. The van der Waals surface area contributed by atoms with Gasteiger partial charge in [0.1, 0.15) is 17.0 Å². The summed E-state index contributed by atoms with van der Waals surface area (Å²) < 4.78 is 7.87. The van der Waals surface area contributed by atoms with E-state index in [9.17, 15) is 14.7 Å². The fourth-order valence-electron chi connectivity index (χ4n) is 4.06. The molecule has 4 aromatic heterocycles. The Bertz CT molecular complexity index is 1570. The molecule has 0 aromatic carbocycles. The van der Waals surface area contributed by atoms with E-state index in [1.807, 2.05) is 39.0 Å². The summed E-state index contributed by atoms with van der Waals surface area (Å²) >= 11 is 1.50. The van der Waals surface area contributed by atoms with Gasteiger partial charge in [-0.2, -0.15) is 0 Å². The topological polar surface area (TPSA) is 109 Å². The van der Waals surface area contributed by atoms with Crippen molar-refractivity contribution in [3.05, 3.63) is 63.1 Å². The predicted octanol–water partition coefficient (Wildman–Crippen LogP) is 5.03. The molecular weight excluding hydrogens is 488 g/mol. The number of pyridine rings is 2. The van der Waals surface area contributed by atoms with Crippen LogP contribution in [0.25, 0.3) is 21.3 Å². The SMILES string of the molecule is Cc1cccnc1Oc1cc(C(C)(C)C(C)(C)O)sc1-c1cn(C)c(=O)c2[nH]c(C(=O)NC3CC3)cc12. The predicted molar refractivity (Wildman–Crippen MR) is 146 cm³/mol. The van der Waals surface area contributed by atoms with Crippen LogP contribution in [0.1, 0.15) is 61.5 Å². The number of aryl methyl sites for hydroxylation is 2. The van der Waals surface area contributed by atoms with Gasteiger partial charge in [0.05, 0.1) is 10.5 Å². The van der Waals surface area contributed by atoms with Gasteiger partial charge in [-0.25, -0.2) is 4.98 Å². The van der Waals surface area contributed by atoms with E-state index in [1.165, 1.54) is 15.9 Å². The number of carbonyl (C=O) groups is 1. The van der Waals surface area contributed by atoms with Gasteiger partial charge in [-0.3, -0.25) is 9.59 Å². The molecule has 5 rings (SSSR count). The molecule has 1 aliphatic rings. The van der Waals surface area contributed by atoms with Gasteiger partial charge in [-0.15, -0.1) is 11.3 Å². The second-order valence-electron chi connectivity index (χ2n) is 10.9. The number of thiophene rings is 1. The summed E-state index contributed by atoms with van der Waals surface area (Å²) in [6.45, 7) is 9.49. The summed E-state index contributed by atoms with van der Waals surface area (Å²) in [5, 5.41) is 14.6. The van der Waals surface area contributed by atoms with Crippen molar-refractivity contribution in [2.24, 2.45) is 7.05 Å². The maximum Gasteiger partial charge on any atom is 0.274 e. The first-order valence-electron chi connectivity index (χ1n) is 12.4. The molecular formula is C28H32N4O4S. The van der Waals surface area contributed by atoms with Crippen molar-refractivity contribution in [3.63, 3.8) is 0 Å². The lowest BCUT2D eigenvalue weighted by atomic mass is 9.76. The fraction of sp³-hybridized carbons (Fsp3) is 0.393. The van der Waals surface area contributed by atoms with Crippen LogP contribution in [-0.4, -0.2) is 37.2 Å². The highest BCUT2D eigenvalue weighted by atomic mass is 32.1. The number of aromatic amines is 1. The molecule has 8 nitrogen and oxygen atoms in total. The van der Waals surface area contributed by atoms with E-state index in [1.54, 1.807) is 39.4 Å². The van der Waals surface area contributed by atoms with Gasteiger partial charge < -0.3 is 24.7 Å². The van der Waals surface area contributed by atoms with Crippen molar-refractivity contribution < 1.29 is 14.6 Å². The van der Waals surface area contributed by atoms with Crippen LogP contribution in [0.3, 0.4) is 0 Å². The Hall–Kier alpha value is -3.43. The molecule has 0 unspecified atom stereocenters. The standard InChI is InChI=1S/C28H32N4O4S/c1-15-8-7-11-29-25(15)36-20-13-21(27(2,3)28(4,5)35)37-23(20)18-14-32(6)26(34)22-17(18)12-19(31-22)24(33)30-16-9-10-16/h7-8,11-14,16,31,35H,9-10H2,1-6H3,(H,30,33). The number of aliphatic hydroxyl groups is 1. The number of ether oxygens (including phenoxy) is 1. The summed E-state index contributed by atoms with van der Waals surface area (Å²) in [6, 6.07) is 7.66. The molecule has 1 amide bonds. The zero-order valence-corrected chi connectivity index (χ0v) is 22.7. The number of rotatable bonds is 7. The molecule has 1 saturated carbocycles. The monoisotopic (exact) mass is 520 g/mol. The van der Waals surface area contributed by atoms with Gasteiger partial charge in [-0.1, -0.05) is 19.9 Å². The third-order valence-electron chi connectivity index (χ3n) is 7.38. The second kappa shape index (κ2) is 8.85. The number of H-pyrrole nitrogens is 1. The minimum absolute atomic E-state index is 0.201. The van der Waals surface area contributed by atoms with E-state index in [0.29, 0.717) is 28.2 Å². The molecule has 0 spiro atoms. The van der Waals surface area contributed by atoms with E-state index in [4.69, 9.17) is 4.74 Å². The lowest BCUT2D eigenvalue weighted by molar-refractivity contribution is 0.0112. The van der Waals surface area contributed by atoms with Crippen LogP contribution in [0.2, 0.25) is 0 Å². The lowest BCUT2D eigenvalue weighted by Gasteiger charge is -2.36. The smallest absolute Gasteiger partial charge is 0.274 e. The van der Waals surface area contributed by atoms with Crippen LogP contribution < -0.4 is 15.6 Å². The Kier molecular flexibility index (Phi) is 6.03. The van der Waals surface area contributed by atoms with Gasteiger partial charge in [-0.05, 0) is 51.8 Å². The molecule has 0 atom stereocenters. The molecule has 0 radical (unpaired) electrons. The summed E-state index contributed by atoms with van der Waals surface area (Å²) in [6.07, 6.45) is 5.40. The molecule has 0 saturated heterocycles. The average molecular weight is 521 g/mol. The number of hydrogen-bond acceptors (Lipinski definition) is 6.